The summed E-state index contributed by atoms with van der Waals surface area (Å²) >= 11 is 6.12. The first-order valence-corrected chi connectivity index (χ1v) is 9.46. The molecule has 1 atom stereocenters. The minimum absolute atomic E-state index is 0.408. The van der Waals surface area contributed by atoms with Crippen LogP contribution in [0.4, 0.5) is 0 Å². The minimum Gasteiger partial charge on any atom is -0.289 e. The van der Waals surface area contributed by atoms with Crippen molar-refractivity contribution >= 4 is 17.7 Å². The molecule has 0 spiro atoms. The van der Waals surface area contributed by atoms with Crippen molar-refractivity contribution in [2.45, 2.75) is 44.2 Å². The predicted molar refractivity (Wildman–Crippen MR) is 102 cm³/mol. The second kappa shape index (κ2) is 7.13. The zero-order chi connectivity index (χ0) is 16.4. The van der Waals surface area contributed by atoms with Crippen LogP contribution in [-0.2, 0) is 0 Å². The molecule has 2 aromatic carbocycles. The van der Waals surface area contributed by atoms with E-state index in [-0.39, 0.29) is 0 Å². The van der Waals surface area contributed by atoms with Gasteiger partial charge in [-0.3, -0.25) is 4.90 Å². The van der Waals surface area contributed by atoms with Gasteiger partial charge in [0, 0.05) is 17.6 Å². The van der Waals surface area contributed by atoms with Crippen LogP contribution in [0.25, 0.3) is 6.08 Å². The second-order valence-corrected chi connectivity index (χ2v) is 7.45. The molecule has 0 amide bonds. The molecule has 124 valence electrons. The zero-order valence-electron chi connectivity index (χ0n) is 14.0. The molecular weight excluding hydrogens is 314 g/mol. The van der Waals surface area contributed by atoms with Crippen molar-refractivity contribution in [1.29, 1.82) is 0 Å². The molecule has 1 saturated carbocycles. The van der Waals surface area contributed by atoms with E-state index in [0.717, 1.165) is 11.1 Å². The van der Waals surface area contributed by atoms with Crippen LogP contribution < -0.4 is 0 Å². The number of hydrogen-bond acceptors (Lipinski definition) is 1. The van der Waals surface area contributed by atoms with E-state index in [1.807, 2.05) is 12.1 Å². The number of rotatable bonds is 3. The fraction of sp³-hybridized carbons (Fsp3) is 0.364. The highest BCUT2D eigenvalue weighted by molar-refractivity contribution is 6.30. The molecule has 24 heavy (non-hydrogen) atoms. The molecule has 4 rings (SSSR count). The lowest BCUT2D eigenvalue weighted by atomic mass is 9.96. The first-order valence-electron chi connectivity index (χ1n) is 9.08. The smallest absolute Gasteiger partial charge is 0.0567 e. The summed E-state index contributed by atoms with van der Waals surface area (Å²) < 4.78 is 0. The number of likely N-dealkylation sites (tertiary alicyclic amines) is 1. The fourth-order valence-electron chi connectivity index (χ4n) is 4.33. The first-order chi connectivity index (χ1) is 11.8. The molecule has 1 aliphatic heterocycles. The van der Waals surface area contributed by atoms with Crippen LogP contribution in [0, 0.1) is 0 Å². The maximum atomic E-state index is 6.12. The van der Waals surface area contributed by atoms with E-state index in [4.69, 9.17) is 11.6 Å². The Labute approximate surface area is 149 Å². The van der Waals surface area contributed by atoms with E-state index in [2.05, 4.69) is 53.4 Å². The molecule has 2 aromatic rings. The molecule has 1 nitrogen and oxygen atoms in total. The van der Waals surface area contributed by atoms with Crippen molar-refractivity contribution in [3.05, 3.63) is 76.3 Å². The van der Waals surface area contributed by atoms with Crippen LogP contribution >= 0.6 is 11.6 Å². The monoisotopic (exact) mass is 337 g/mol. The Morgan fingerprint density at radius 1 is 0.917 bits per heavy atom. The van der Waals surface area contributed by atoms with Crippen LogP contribution in [0.5, 0.6) is 0 Å². The average Bonchev–Trinajstić information content (AvgIpc) is 3.26. The number of benzene rings is 2. The highest BCUT2D eigenvalue weighted by Crippen LogP contribution is 2.42. The van der Waals surface area contributed by atoms with Gasteiger partial charge in [-0.25, -0.2) is 0 Å². The molecule has 0 aromatic heterocycles. The van der Waals surface area contributed by atoms with Gasteiger partial charge in [-0.05, 0) is 48.1 Å². The van der Waals surface area contributed by atoms with E-state index in [0.29, 0.717) is 6.04 Å². The summed E-state index contributed by atoms with van der Waals surface area (Å²) in [6, 6.07) is 20.3. The van der Waals surface area contributed by atoms with Crippen LogP contribution in [0.3, 0.4) is 0 Å². The third-order valence-corrected chi connectivity index (χ3v) is 5.72. The van der Waals surface area contributed by atoms with Gasteiger partial charge in [-0.2, -0.15) is 0 Å². The van der Waals surface area contributed by atoms with Crippen molar-refractivity contribution in [2.24, 2.45) is 0 Å². The Balaban J connectivity index is 1.70. The van der Waals surface area contributed by atoms with Crippen molar-refractivity contribution in [3.8, 4) is 0 Å². The summed E-state index contributed by atoms with van der Waals surface area (Å²) in [7, 11) is 0. The molecule has 1 unspecified atom stereocenters. The molecule has 1 saturated heterocycles. The highest BCUT2D eigenvalue weighted by atomic mass is 35.5. The topological polar surface area (TPSA) is 3.24 Å². The lowest BCUT2D eigenvalue weighted by molar-refractivity contribution is 0.194. The molecular formula is C22H24ClN. The predicted octanol–water partition coefficient (Wildman–Crippen LogP) is 6.11. The summed E-state index contributed by atoms with van der Waals surface area (Å²) in [5, 5.41) is 0.817. The minimum atomic E-state index is 0.408. The molecule has 0 N–H and O–H groups in total. The van der Waals surface area contributed by atoms with Gasteiger partial charge >= 0.3 is 0 Å². The second-order valence-electron chi connectivity index (χ2n) is 7.01. The van der Waals surface area contributed by atoms with Gasteiger partial charge in [0.25, 0.3) is 0 Å². The summed E-state index contributed by atoms with van der Waals surface area (Å²) in [6.07, 6.45) is 9.02. The molecule has 1 heterocycles. The Kier molecular flexibility index (Phi) is 4.73. The van der Waals surface area contributed by atoms with Crippen molar-refractivity contribution in [3.63, 3.8) is 0 Å². The largest absolute Gasteiger partial charge is 0.289 e. The van der Waals surface area contributed by atoms with Gasteiger partial charge < -0.3 is 0 Å². The standard InChI is InChI=1S/C22H24ClN/c23-20-12-10-18(11-13-20)22-19(16-17-6-2-1-3-7-17)14-15-24(22)21-8-4-5-9-21/h1-3,6-7,10-13,16,21-22H,4-5,8-9,14-15H2/b19-16+. The Hall–Kier alpha value is -1.57. The third kappa shape index (κ3) is 3.29. The van der Waals surface area contributed by atoms with E-state index in [9.17, 15) is 0 Å². The van der Waals surface area contributed by atoms with Gasteiger partial charge in [-0.1, -0.05) is 73.0 Å². The Morgan fingerprint density at radius 2 is 1.62 bits per heavy atom. The van der Waals surface area contributed by atoms with Gasteiger partial charge in [0.2, 0.25) is 0 Å². The Bertz CT molecular complexity index is 699. The number of hydrogen-bond donors (Lipinski definition) is 0. The zero-order valence-corrected chi connectivity index (χ0v) is 14.8. The molecule has 1 aliphatic carbocycles. The van der Waals surface area contributed by atoms with E-state index >= 15 is 0 Å². The van der Waals surface area contributed by atoms with E-state index < -0.39 is 0 Å². The maximum absolute atomic E-state index is 6.12. The maximum Gasteiger partial charge on any atom is 0.0567 e. The van der Waals surface area contributed by atoms with Gasteiger partial charge in [-0.15, -0.1) is 0 Å². The number of nitrogens with zero attached hydrogens (tertiary/aromatic N) is 1. The lowest BCUT2D eigenvalue weighted by Gasteiger charge is -2.31. The number of halogens is 1. The van der Waals surface area contributed by atoms with Crippen molar-refractivity contribution < 1.29 is 0 Å². The molecule has 2 heteroatoms. The van der Waals surface area contributed by atoms with Gasteiger partial charge in [0.1, 0.15) is 0 Å². The SMILES string of the molecule is Clc1ccc(C2/C(=C/c3ccccc3)CCN2C2CCCC2)cc1. The van der Waals surface area contributed by atoms with Gasteiger partial charge in [0.05, 0.1) is 6.04 Å². The van der Waals surface area contributed by atoms with Crippen molar-refractivity contribution in [2.75, 3.05) is 6.54 Å². The normalized spacial score (nSPS) is 24.0. The molecule has 0 bridgehead atoms. The summed E-state index contributed by atoms with van der Waals surface area (Å²) in [4.78, 5) is 2.74. The quantitative estimate of drug-likeness (QED) is 0.652. The molecule has 2 aliphatic rings. The first kappa shape index (κ1) is 15.9. The van der Waals surface area contributed by atoms with Crippen LogP contribution in [0.1, 0.15) is 49.3 Å². The third-order valence-electron chi connectivity index (χ3n) is 5.47. The molecule has 2 fully saturated rings. The summed E-state index contributed by atoms with van der Waals surface area (Å²) in [5.41, 5.74) is 4.22. The molecule has 0 radical (unpaired) electrons. The highest BCUT2D eigenvalue weighted by Gasteiger charge is 2.36. The summed E-state index contributed by atoms with van der Waals surface area (Å²) in [6.45, 7) is 1.18. The van der Waals surface area contributed by atoms with Crippen LogP contribution in [0.15, 0.2) is 60.2 Å². The van der Waals surface area contributed by atoms with Crippen LogP contribution in [-0.4, -0.2) is 17.5 Å². The fourth-order valence-corrected chi connectivity index (χ4v) is 4.46. The summed E-state index contributed by atoms with van der Waals surface area (Å²) in [5.74, 6) is 0. The van der Waals surface area contributed by atoms with E-state index in [1.54, 1.807) is 0 Å². The van der Waals surface area contributed by atoms with E-state index in [1.165, 1.54) is 55.3 Å². The van der Waals surface area contributed by atoms with Crippen molar-refractivity contribution in [1.82, 2.24) is 4.90 Å². The average molecular weight is 338 g/mol. The Morgan fingerprint density at radius 3 is 2.33 bits per heavy atom. The van der Waals surface area contributed by atoms with Gasteiger partial charge in [0.15, 0.2) is 0 Å². The lowest BCUT2D eigenvalue weighted by Crippen LogP contribution is -2.33. The van der Waals surface area contributed by atoms with Crippen LogP contribution in [0.2, 0.25) is 5.02 Å².